The van der Waals surface area contributed by atoms with Crippen molar-refractivity contribution in [1.29, 1.82) is 0 Å². The van der Waals surface area contributed by atoms with Gasteiger partial charge in [-0.25, -0.2) is 19.6 Å². The molecule has 0 spiro atoms. The third-order valence-corrected chi connectivity index (χ3v) is 10.1. The van der Waals surface area contributed by atoms with Crippen molar-refractivity contribution in [3.63, 3.8) is 0 Å². The van der Waals surface area contributed by atoms with Crippen molar-refractivity contribution >= 4 is 29.1 Å². The van der Waals surface area contributed by atoms with E-state index in [9.17, 15) is 14.4 Å². The topological polar surface area (TPSA) is 170 Å². The Morgan fingerprint density at radius 2 is 1.62 bits per heavy atom. The van der Waals surface area contributed by atoms with Crippen LogP contribution in [0.25, 0.3) is 22.3 Å². The molecule has 3 aromatic heterocycles. The number of hydrogen-bond acceptors (Lipinski definition) is 9. The summed E-state index contributed by atoms with van der Waals surface area (Å²) >= 11 is 0. The highest BCUT2D eigenvalue weighted by Gasteiger charge is 2.37. The van der Waals surface area contributed by atoms with Gasteiger partial charge >= 0.3 is 12.2 Å². The predicted molar refractivity (Wildman–Crippen MR) is 199 cm³/mol. The zero-order valence-electron chi connectivity index (χ0n) is 31.2. The number of carbonyl (C=O) groups is 3. The summed E-state index contributed by atoms with van der Waals surface area (Å²) in [6, 6.07) is 9.20. The molecule has 2 aliphatic heterocycles. The smallest absolute Gasteiger partial charge is 0.407 e. The number of likely N-dealkylation sites (tertiary alicyclic amines) is 2. The number of benzene rings is 1. The largest absolute Gasteiger partial charge is 0.453 e. The van der Waals surface area contributed by atoms with Crippen molar-refractivity contribution in [1.82, 2.24) is 45.4 Å². The number of amides is 3. The Kier molecular flexibility index (Phi) is 11.6. The van der Waals surface area contributed by atoms with Gasteiger partial charge in [-0.1, -0.05) is 39.7 Å². The number of aromatic amines is 2. The molecule has 2 aliphatic rings. The molecule has 0 aliphatic carbocycles. The molecule has 0 saturated carbocycles. The second kappa shape index (κ2) is 16.5. The second-order valence-corrected chi connectivity index (χ2v) is 14.4. The summed E-state index contributed by atoms with van der Waals surface area (Å²) < 4.78 is 9.59. The zero-order chi connectivity index (χ0) is 37.6. The normalized spacial score (nSPS) is 18.5. The molecule has 4 atom stereocenters. The first-order chi connectivity index (χ1) is 25.5. The molecule has 2 saturated heterocycles. The van der Waals surface area contributed by atoms with Gasteiger partial charge in [0.2, 0.25) is 5.91 Å². The lowest BCUT2D eigenvalue weighted by Gasteiger charge is -2.30. The summed E-state index contributed by atoms with van der Waals surface area (Å²) in [6.45, 7) is 10.2. The van der Waals surface area contributed by atoms with Gasteiger partial charge in [0.05, 0.1) is 49.2 Å². The maximum Gasteiger partial charge on any atom is 0.407 e. The van der Waals surface area contributed by atoms with Crippen LogP contribution in [0.5, 0.6) is 0 Å². The molecular weight excluding hydrogens is 674 g/mol. The lowest BCUT2D eigenvalue weighted by atomic mass is 10.0. The minimum Gasteiger partial charge on any atom is -0.453 e. The molecule has 53 heavy (non-hydrogen) atoms. The minimum absolute atomic E-state index is 0.0308. The highest BCUT2D eigenvalue weighted by Crippen LogP contribution is 2.34. The summed E-state index contributed by atoms with van der Waals surface area (Å²) in [5, 5.41) is 5.66. The molecule has 3 amide bonds. The molecule has 14 nitrogen and oxygen atoms in total. The van der Waals surface area contributed by atoms with E-state index in [0.717, 1.165) is 72.5 Å². The number of pyridine rings is 1. The predicted octanol–water partition coefficient (Wildman–Crippen LogP) is 5.31. The van der Waals surface area contributed by atoms with Gasteiger partial charge in [0.15, 0.2) is 0 Å². The average Bonchev–Trinajstić information content (AvgIpc) is 3.98. The van der Waals surface area contributed by atoms with Crippen molar-refractivity contribution in [2.75, 3.05) is 33.9 Å². The summed E-state index contributed by atoms with van der Waals surface area (Å²) in [5.74, 6) is 7.90. The first kappa shape index (κ1) is 37.3. The summed E-state index contributed by atoms with van der Waals surface area (Å²) in [5.41, 5.74) is 5.02. The molecule has 0 radical (unpaired) electrons. The second-order valence-electron chi connectivity index (χ2n) is 14.4. The molecule has 1 aromatic carbocycles. The van der Waals surface area contributed by atoms with E-state index in [0.29, 0.717) is 18.1 Å². The molecule has 6 rings (SSSR count). The molecule has 5 heterocycles. The highest BCUT2D eigenvalue weighted by atomic mass is 16.5. The maximum absolute atomic E-state index is 13.4. The van der Waals surface area contributed by atoms with E-state index >= 15 is 0 Å². The summed E-state index contributed by atoms with van der Waals surface area (Å²) in [6.07, 6.45) is 6.05. The first-order valence-electron chi connectivity index (χ1n) is 18.3. The van der Waals surface area contributed by atoms with E-state index in [-0.39, 0.29) is 35.9 Å². The number of imidazole rings is 2. The van der Waals surface area contributed by atoms with Crippen LogP contribution in [-0.4, -0.2) is 98.8 Å². The Morgan fingerprint density at radius 1 is 0.868 bits per heavy atom. The fourth-order valence-corrected chi connectivity index (χ4v) is 7.13. The van der Waals surface area contributed by atoms with Crippen LogP contribution in [0.1, 0.15) is 88.4 Å². The van der Waals surface area contributed by atoms with Gasteiger partial charge in [-0.05, 0) is 74.2 Å². The van der Waals surface area contributed by atoms with Gasteiger partial charge in [-0.15, -0.1) is 0 Å². The number of nitrogens with zero attached hydrogens (tertiary/aromatic N) is 5. The van der Waals surface area contributed by atoms with Gasteiger partial charge < -0.3 is 35.0 Å². The molecule has 280 valence electrons. The van der Waals surface area contributed by atoms with E-state index in [4.69, 9.17) is 19.4 Å². The van der Waals surface area contributed by atoms with Crippen LogP contribution in [0, 0.1) is 23.7 Å². The number of ether oxygens (including phenoxy) is 2. The number of carbonyl (C=O) groups excluding carboxylic acids is 3. The third kappa shape index (κ3) is 8.63. The van der Waals surface area contributed by atoms with Gasteiger partial charge in [0, 0.05) is 36.5 Å². The van der Waals surface area contributed by atoms with E-state index in [1.165, 1.54) is 14.2 Å². The molecule has 14 heteroatoms. The van der Waals surface area contributed by atoms with Crippen molar-refractivity contribution in [2.45, 2.75) is 77.5 Å². The lowest BCUT2D eigenvalue weighted by molar-refractivity contribution is -0.135. The van der Waals surface area contributed by atoms with Crippen molar-refractivity contribution in [2.24, 2.45) is 11.8 Å². The van der Waals surface area contributed by atoms with Crippen LogP contribution in [-0.2, 0) is 14.3 Å². The molecule has 0 bridgehead atoms. The SMILES string of the molecule is COC(=O)NC(CN1CCCC1c1nc2ccc(-c3ccc(C#Cc4cnc(C5CCCN5C(=O)C(NC(=O)OC)C(C)C)[nH]4)cn3)cc2[nH]1)C(C)C. The van der Waals surface area contributed by atoms with Gasteiger partial charge in [-0.3, -0.25) is 14.7 Å². The number of H-pyrrole nitrogens is 2. The quantitative estimate of drug-likeness (QED) is 0.158. The fraction of sp³-hybridized carbons (Fsp3) is 0.487. The van der Waals surface area contributed by atoms with Crippen molar-refractivity contribution < 1.29 is 23.9 Å². The van der Waals surface area contributed by atoms with Gasteiger partial charge in [0.25, 0.3) is 0 Å². The van der Waals surface area contributed by atoms with Crippen LogP contribution >= 0.6 is 0 Å². The Morgan fingerprint density at radius 3 is 2.34 bits per heavy atom. The lowest BCUT2D eigenvalue weighted by Crippen LogP contribution is -2.51. The Labute approximate surface area is 309 Å². The van der Waals surface area contributed by atoms with Crippen LogP contribution in [0.2, 0.25) is 0 Å². The number of methoxy groups -OCH3 is 2. The summed E-state index contributed by atoms with van der Waals surface area (Å²) in [7, 11) is 2.67. The number of nitrogens with one attached hydrogen (secondary N) is 4. The molecule has 4 unspecified atom stereocenters. The Hall–Kier alpha value is -5.42. The van der Waals surface area contributed by atoms with Crippen molar-refractivity contribution in [3.05, 3.63) is 65.6 Å². The highest BCUT2D eigenvalue weighted by molar-refractivity contribution is 5.86. The van der Waals surface area contributed by atoms with E-state index < -0.39 is 18.2 Å². The van der Waals surface area contributed by atoms with E-state index in [1.807, 2.05) is 38.1 Å². The Bertz CT molecular complexity index is 1980. The zero-order valence-corrected chi connectivity index (χ0v) is 31.2. The number of hydrogen-bond donors (Lipinski definition) is 4. The molecular formula is C39H49N9O5. The van der Waals surface area contributed by atoms with Crippen LogP contribution in [0.3, 0.4) is 0 Å². The van der Waals surface area contributed by atoms with Crippen LogP contribution < -0.4 is 10.6 Å². The standard InChI is InChI=1S/C39H49N9O5/c1-23(2)31(45-38(50)52-5)22-47-17-7-9-32(47)36-43-29-16-13-26(19-30(29)44-36)28-15-12-25(20-40-28)11-14-27-21-41-35(42-27)33-10-8-18-48(33)37(49)34(24(3)4)46-39(51)53-6/h12-13,15-16,19-21,23-24,31-34H,7-10,17-18,22H2,1-6H3,(H,41,42)(H,43,44)(H,45,50)(H,46,51). The van der Waals surface area contributed by atoms with E-state index in [2.05, 4.69) is 62.2 Å². The first-order valence-corrected chi connectivity index (χ1v) is 18.3. The molecule has 4 aromatic rings. The maximum atomic E-state index is 13.4. The number of aromatic nitrogens is 5. The molecule has 4 N–H and O–H groups in total. The summed E-state index contributed by atoms with van der Waals surface area (Å²) in [4.78, 5) is 62.5. The van der Waals surface area contributed by atoms with Crippen LogP contribution in [0.4, 0.5) is 9.59 Å². The average molecular weight is 724 g/mol. The van der Waals surface area contributed by atoms with E-state index in [1.54, 1.807) is 17.3 Å². The number of fused-ring (bicyclic) bond motifs is 1. The number of alkyl carbamates (subject to hydrolysis) is 2. The Balaban J connectivity index is 1.11. The van der Waals surface area contributed by atoms with Crippen LogP contribution in [0.15, 0.2) is 42.7 Å². The minimum atomic E-state index is -0.693. The monoisotopic (exact) mass is 723 g/mol. The van der Waals surface area contributed by atoms with Gasteiger partial charge in [-0.2, -0.15) is 0 Å². The van der Waals surface area contributed by atoms with Crippen molar-refractivity contribution in [3.8, 4) is 23.1 Å². The number of rotatable bonds is 10. The third-order valence-electron chi connectivity index (χ3n) is 10.1. The van der Waals surface area contributed by atoms with Gasteiger partial charge in [0.1, 0.15) is 23.4 Å². The molecule has 2 fully saturated rings. The fourth-order valence-electron chi connectivity index (χ4n) is 7.13.